The molecule has 3 rings (SSSR count). The Kier molecular flexibility index (Phi) is 6.92. The Bertz CT molecular complexity index is 799. The average molecular weight is 411 g/mol. The molecule has 1 fully saturated rings. The number of nitrogens with zero attached hydrogens (tertiary/aromatic N) is 5. The van der Waals surface area contributed by atoms with Crippen molar-refractivity contribution in [3.63, 3.8) is 0 Å². The van der Waals surface area contributed by atoms with E-state index in [1.54, 1.807) is 17.0 Å². The van der Waals surface area contributed by atoms with Crippen molar-refractivity contribution < 1.29 is 9.53 Å². The molecular formula is C17H23ClN6O2S. The standard InChI is InChI=1S/C17H23ClN6O2S/c1-3-7-19-14(25)11-27-17-21-20-16(15-13(18)10-23(4-2)22-15)24(17)9-12-6-5-8-26-12/h3,10,12H,1,4-9,11H2,2H3,(H,19,25)/t12-/m1/s1. The van der Waals surface area contributed by atoms with Crippen LogP contribution >= 0.6 is 23.4 Å². The summed E-state index contributed by atoms with van der Waals surface area (Å²) < 4.78 is 9.49. The van der Waals surface area contributed by atoms with Crippen LogP contribution in [0.15, 0.2) is 24.0 Å². The Morgan fingerprint density at radius 1 is 1.56 bits per heavy atom. The Morgan fingerprint density at radius 2 is 2.41 bits per heavy atom. The monoisotopic (exact) mass is 410 g/mol. The minimum absolute atomic E-state index is 0.0820. The molecule has 3 heterocycles. The third-order valence-corrected chi connectivity index (χ3v) is 5.40. The van der Waals surface area contributed by atoms with Gasteiger partial charge in [0.2, 0.25) is 5.91 Å². The molecule has 0 bridgehead atoms. The number of halogens is 1. The number of carbonyl (C=O) groups excluding carboxylic acids is 1. The summed E-state index contributed by atoms with van der Waals surface area (Å²) in [5, 5.41) is 17.0. The van der Waals surface area contributed by atoms with E-state index in [2.05, 4.69) is 27.2 Å². The van der Waals surface area contributed by atoms with Crippen molar-refractivity contribution in [1.29, 1.82) is 0 Å². The van der Waals surface area contributed by atoms with Gasteiger partial charge in [-0.15, -0.1) is 16.8 Å². The molecular weight excluding hydrogens is 388 g/mol. The minimum atomic E-state index is -0.0820. The molecule has 8 nitrogen and oxygen atoms in total. The smallest absolute Gasteiger partial charge is 0.230 e. The summed E-state index contributed by atoms with van der Waals surface area (Å²) >= 11 is 7.70. The number of aromatic nitrogens is 5. The van der Waals surface area contributed by atoms with Crippen LogP contribution in [0.2, 0.25) is 5.02 Å². The van der Waals surface area contributed by atoms with Crippen LogP contribution in [0.25, 0.3) is 11.5 Å². The zero-order valence-electron chi connectivity index (χ0n) is 15.2. The van der Waals surface area contributed by atoms with E-state index in [1.165, 1.54) is 11.8 Å². The molecule has 1 amide bonds. The number of hydrogen-bond acceptors (Lipinski definition) is 6. The van der Waals surface area contributed by atoms with Gasteiger partial charge < -0.3 is 10.1 Å². The number of ether oxygens (including phenoxy) is 1. The zero-order chi connectivity index (χ0) is 19.2. The quantitative estimate of drug-likeness (QED) is 0.504. The molecule has 1 aliphatic heterocycles. The van der Waals surface area contributed by atoms with Gasteiger partial charge in [-0.2, -0.15) is 5.10 Å². The summed E-state index contributed by atoms with van der Waals surface area (Å²) in [5.41, 5.74) is 0.590. The second-order valence-electron chi connectivity index (χ2n) is 6.11. The average Bonchev–Trinajstić information content (AvgIpc) is 3.39. The van der Waals surface area contributed by atoms with Gasteiger partial charge >= 0.3 is 0 Å². The highest BCUT2D eigenvalue weighted by molar-refractivity contribution is 7.99. The Morgan fingerprint density at radius 3 is 3.07 bits per heavy atom. The largest absolute Gasteiger partial charge is 0.376 e. The summed E-state index contributed by atoms with van der Waals surface area (Å²) in [7, 11) is 0. The van der Waals surface area contributed by atoms with E-state index in [9.17, 15) is 4.79 Å². The molecule has 10 heteroatoms. The van der Waals surface area contributed by atoms with Crippen LogP contribution in [0.1, 0.15) is 19.8 Å². The first kappa shape index (κ1) is 19.9. The van der Waals surface area contributed by atoms with Crippen LogP contribution in [0.5, 0.6) is 0 Å². The van der Waals surface area contributed by atoms with Gasteiger partial charge in [-0.3, -0.25) is 14.0 Å². The van der Waals surface area contributed by atoms with Crippen molar-refractivity contribution >= 4 is 29.3 Å². The second-order valence-corrected chi connectivity index (χ2v) is 7.46. The SMILES string of the molecule is C=CCNC(=O)CSc1nnc(-c2nn(CC)cc2Cl)n1C[C@H]1CCCO1. The molecule has 2 aromatic heterocycles. The number of amides is 1. The molecule has 0 aromatic carbocycles. The van der Waals surface area contributed by atoms with Crippen molar-refractivity contribution in [3.05, 3.63) is 23.9 Å². The van der Waals surface area contributed by atoms with Crippen molar-refractivity contribution in [1.82, 2.24) is 29.9 Å². The molecule has 0 aliphatic carbocycles. The predicted molar refractivity (Wildman–Crippen MR) is 105 cm³/mol. The van der Waals surface area contributed by atoms with E-state index >= 15 is 0 Å². The van der Waals surface area contributed by atoms with Gasteiger partial charge in [0.05, 0.1) is 23.4 Å². The van der Waals surface area contributed by atoms with Crippen LogP contribution in [-0.4, -0.2) is 55.5 Å². The topological polar surface area (TPSA) is 86.9 Å². The first-order valence-corrected chi connectivity index (χ1v) is 10.3. The lowest BCUT2D eigenvalue weighted by atomic mass is 10.2. The molecule has 2 aromatic rings. The first-order chi connectivity index (χ1) is 13.1. The third kappa shape index (κ3) is 4.91. The first-order valence-electron chi connectivity index (χ1n) is 8.90. The minimum Gasteiger partial charge on any atom is -0.376 e. The van der Waals surface area contributed by atoms with Crippen LogP contribution < -0.4 is 5.32 Å². The fourth-order valence-electron chi connectivity index (χ4n) is 2.80. The van der Waals surface area contributed by atoms with Crippen molar-refractivity contribution in [3.8, 4) is 11.5 Å². The second kappa shape index (κ2) is 9.38. The molecule has 1 aliphatic rings. The predicted octanol–water partition coefficient (Wildman–Crippen LogP) is 2.39. The molecule has 146 valence electrons. The van der Waals surface area contributed by atoms with E-state index in [1.807, 2.05) is 11.5 Å². The van der Waals surface area contributed by atoms with Gasteiger partial charge in [0.15, 0.2) is 11.0 Å². The number of aryl methyl sites for hydroxylation is 1. The van der Waals surface area contributed by atoms with Gasteiger partial charge in [-0.25, -0.2) is 0 Å². The molecule has 27 heavy (non-hydrogen) atoms. The van der Waals surface area contributed by atoms with Crippen molar-refractivity contribution in [2.75, 3.05) is 18.9 Å². The van der Waals surface area contributed by atoms with Gasteiger partial charge in [-0.05, 0) is 19.8 Å². The number of hydrogen-bond donors (Lipinski definition) is 1. The molecule has 0 spiro atoms. The Labute approximate surface area is 167 Å². The van der Waals surface area contributed by atoms with Gasteiger partial charge in [0, 0.05) is 25.9 Å². The van der Waals surface area contributed by atoms with Crippen LogP contribution in [0.4, 0.5) is 0 Å². The van der Waals surface area contributed by atoms with Gasteiger partial charge in [0.25, 0.3) is 0 Å². The lowest BCUT2D eigenvalue weighted by Crippen LogP contribution is -2.25. The van der Waals surface area contributed by atoms with Crippen LogP contribution in [0, 0.1) is 0 Å². The Hall–Kier alpha value is -1.84. The third-order valence-electron chi connectivity index (χ3n) is 4.16. The summed E-state index contributed by atoms with van der Waals surface area (Å²) in [5.74, 6) is 0.757. The summed E-state index contributed by atoms with van der Waals surface area (Å²) in [4.78, 5) is 11.9. The summed E-state index contributed by atoms with van der Waals surface area (Å²) in [6.45, 7) is 8.11. The van der Waals surface area contributed by atoms with Crippen LogP contribution in [-0.2, 0) is 22.6 Å². The highest BCUT2D eigenvalue weighted by atomic mass is 35.5. The number of thioether (sulfide) groups is 1. The highest BCUT2D eigenvalue weighted by Gasteiger charge is 2.24. The highest BCUT2D eigenvalue weighted by Crippen LogP contribution is 2.29. The number of nitrogens with one attached hydrogen (secondary N) is 1. The van der Waals surface area contributed by atoms with E-state index < -0.39 is 0 Å². The maximum Gasteiger partial charge on any atom is 0.230 e. The molecule has 0 unspecified atom stereocenters. The van der Waals surface area contributed by atoms with E-state index in [-0.39, 0.29) is 17.8 Å². The summed E-state index contributed by atoms with van der Waals surface area (Å²) in [6.07, 6.45) is 5.54. The molecule has 0 radical (unpaired) electrons. The van der Waals surface area contributed by atoms with Crippen molar-refractivity contribution in [2.45, 2.75) is 44.1 Å². The number of rotatable bonds is 9. The van der Waals surface area contributed by atoms with E-state index in [4.69, 9.17) is 16.3 Å². The number of carbonyl (C=O) groups is 1. The molecule has 1 N–H and O–H groups in total. The van der Waals surface area contributed by atoms with E-state index in [0.717, 1.165) is 19.4 Å². The molecule has 1 saturated heterocycles. The van der Waals surface area contributed by atoms with Crippen molar-refractivity contribution in [2.24, 2.45) is 0 Å². The normalized spacial score (nSPS) is 16.6. The zero-order valence-corrected chi connectivity index (χ0v) is 16.8. The maximum absolute atomic E-state index is 11.9. The molecule has 0 saturated carbocycles. The van der Waals surface area contributed by atoms with Gasteiger partial charge in [-0.1, -0.05) is 29.4 Å². The molecule has 1 atom stereocenters. The lowest BCUT2D eigenvalue weighted by Gasteiger charge is -2.14. The fourth-order valence-corrected chi connectivity index (χ4v) is 3.82. The van der Waals surface area contributed by atoms with Gasteiger partial charge in [0.1, 0.15) is 5.69 Å². The fraction of sp³-hybridized carbons (Fsp3) is 0.529. The van der Waals surface area contributed by atoms with Crippen LogP contribution in [0.3, 0.4) is 0 Å². The maximum atomic E-state index is 11.9. The summed E-state index contributed by atoms with van der Waals surface area (Å²) in [6, 6.07) is 0. The lowest BCUT2D eigenvalue weighted by molar-refractivity contribution is -0.118. The Balaban J connectivity index is 1.84. The van der Waals surface area contributed by atoms with E-state index in [0.29, 0.717) is 41.3 Å².